The molecule has 2 amide bonds. The number of carbonyl (C=O) groups excluding carboxylic acids is 2. The van der Waals surface area contributed by atoms with E-state index in [1.807, 2.05) is 0 Å². The van der Waals surface area contributed by atoms with Gasteiger partial charge < -0.3 is 10.2 Å². The van der Waals surface area contributed by atoms with E-state index in [2.05, 4.69) is 10.0 Å². The molecule has 0 radical (unpaired) electrons. The molecule has 1 aromatic rings. The second-order valence-electron chi connectivity index (χ2n) is 8.24. The molecule has 1 saturated heterocycles. The second kappa shape index (κ2) is 8.04. The first-order valence-electron chi connectivity index (χ1n) is 9.51. The van der Waals surface area contributed by atoms with Crippen LogP contribution in [0, 0.1) is 0 Å². The number of hydrogen-bond donors (Lipinski definition) is 2. The van der Waals surface area contributed by atoms with Crippen LogP contribution < -0.4 is 10.0 Å². The number of likely N-dealkylation sites (tertiary alicyclic amines) is 1. The summed E-state index contributed by atoms with van der Waals surface area (Å²) in [7, 11) is -3.71. The number of nitrogens with zero attached hydrogens (tertiary/aromatic N) is 1. The molecule has 3 rings (SSSR count). The van der Waals surface area contributed by atoms with Crippen LogP contribution in [0.5, 0.6) is 0 Å². The first-order chi connectivity index (χ1) is 13.1. The van der Waals surface area contributed by atoms with Gasteiger partial charge >= 0.3 is 0 Å². The number of sulfonamides is 1. The molecular formula is C19H27N3O4S2. The molecule has 2 heterocycles. The van der Waals surface area contributed by atoms with Crippen molar-refractivity contribution in [3.63, 3.8) is 0 Å². The summed E-state index contributed by atoms with van der Waals surface area (Å²) in [5.41, 5.74) is -0.191. The van der Waals surface area contributed by atoms with Gasteiger partial charge in [-0.05, 0) is 51.8 Å². The van der Waals surface area contributed by atoms with Crippen molar-refractivity contribution in [1.82, 2.24) is 9.62 Å². The van der Waals surface area contributed by atoms with E-state index in [1.165, 1.54) is 23.9 Å². The van der Waals surface area contributed by atoms with Gasteiger partial charge in [-0.25, -0.2) is 13.1 Å². The molecule has 2 aliphatic rings. The normalized spacial score (nSPS) is 20.9. The van der Waals surface area contributed by atoms with E-state index in [0.29, 0.717) is 23.7 Å². The molecule has 2 aliphatic heterocycles. The van der Waals surface area contributed by atoms with Crippen LogP contribution in [0.4, 0.5) is 5.69 Å². The highest BCUT2D eigenvalue weighted by Crippen LogP contribution is 2.38. The first kappa shape index (κ1) is 21.1. The van der Waals surface area contributed by atoms with Gasteiger partial charge in [-0.15, -0.1) is 11.8 Å². The van der Waals surface area contributed by atoms with Crippen molar-refractivity contribution in [2.75, 3.05) is 18.4 Å². The van der Waals surface area contributed by atoms with Gasteiger partial charge in [0.25, 0.3) is 0 Å². The Morgan fingerprint density at radius 1 is 1.18 bits per heavy atom. The second-order valence-corrected chi connectivity index (χ2v) is 11.1. The minimum absolute atomic E-state index is 0.0827. The zero-order valence-corrected chi connectivity index (χ0v) is 18.1. The summed E-state index contributed by atoms with van der Waals surface area (Å²) in [5, 5.41) is 1.89. The smallest absolute Gasteiger partial charge is 0.247 e. The van der Waals surface area contributed by atoms with Crippen molar-refractivity contribution in [3.05, 3.63) is 18.2 Å². The van der Waals surface area contributed by atoms with Crippen LogP contribution in [0.15, 0.2) is 28.0 Å². The molecular weight excluding hydrogens is 398 g/mol. The number of fused-ring (bicyclic) bond motifs is 1. The number of benzene rings is 1. The van der Waals surface area contributed by atoms with Gasteiger partial charge in [-0.2, -0.15) is 0 Å². The van der Waals surface area contributed by atoms with Crippen LogP contribution in [0.1, 0.15) is 46.5 Å². The standard InChI is InChI=1S/C19H27N3O4S2/c1-19(2,3)21-28(25,26)13-8-9-15-14(12-13)20-17(23)16(27-15)18(24)22-10-6-4-5-7-11-22/h8-9,12,16,21H,4-7,10-11H2,1-3H3,(H,20,23)/t16-/m0/s1. The van der Waals surface area contributed by atoms with Crippen LogP contribution in [0.25, 0.3) is 0 Å². The molecule has 154 valence electrons. The van der Waals surface area contributed by atoms with Crippen LogP contribution in [0.3, 0.4) is 0 Å². The Kier molecular flexibility index (Phi) is 6.07. The van der Waals surface area contributed by atoms with E-state index < -0.39 is 26.7 Å². The number of carbonyl (C=O) groups is 2. The summed E-state index contributed by atoms with van der Waals surface area (Å²) in [5.74, 6) is -0.564. The lowest BCUT2D eigenvalue weighted by Crippen LogP contribution is -2.45. The van der Waals surface area contributed by atoms with Gasteiger partial charge in [0, 0.05) is 23.5 Å². The SMILES string of the molecule is CC(C)(C)NS(=O)(=O)c1ccc2c(c1)NC(=O)[C@@H](C(=O)N1CCCCCC1)S2. The molecule has 1 atom stereocenters. The summed E-state index contributed by atoms with van der Waals surface area (Å²) in [4.78, 5) is 28.0. The molecule has 0 spiro atoms. The first-order valence-corrected chi connectivity index (χ1v) is 11.9. The third kappa shape index (κ3) is 4.87. The van der Waals surface area contributed by atoms with E-state index in [-0.39, 0.29) is 10.8 Å². The molecule has 28 heavy (non-hydrogen) atoms. The summed E-state index contributed by atoms with van der Waals surface area (Å²) < 4.78 is 27.7. The van der Waals surface area contributed by atoms with Gasteiger partial charge in [0.05, 0.1) is 10.6 Å². The van der Waals surface area contributed by atoms with Crippen molar-refractivity contribution in [2.45, 2.75) is 67.0 Å². The fraction of sp³-hybridized carbons (Fsp3) is 0.579. The maximum Gasteiger partial charge on any atom is 0.247 e. The van der Waals surface area contributed by atoms with Gasteiger partial charge in [0.15, 0.2) is 5.25 Å². The maximum absolute atomic E-state index is 12.8. The zero-order valence-electron chi connectivity index (χ0n) is 16.4. The van der Waals surface area contributed by atoms with Crippen LogP contribution in [0.2, 0.25) is 0 Å². The highest BCUT2D eigenvalue weighted by Gasteiger charge is 2.36. The fourth-order valence-electron chi connectivity index (χ4n) is 3.34. The van der Waals surface area contributed by atoms with Crippen LogP contribution >= 0.6 is 11.8 Å². The third-order valence-corrected chi connectivity index (χ3v) is 7.60. The fourth-order valence-corrected chi connectivity index (χ4v) is 5.83. The number of thioether (sulfide) groups is 1. The topological polar surface area (TPSA) is 95.6 Å². The van der Waals surface area contributed by atoms with E-state index in [0.717, 1.165) is 25.7 Å². The van der Waals surface area contributed by atoms with E-state index in [9.17, 15) is 18.0 Å². The van der Waals surface area contributed by atoms with Gasteiger partial charge in [-0.3, -0.25) is 9.59 Å². The van der Waals surface area contributed by atoms with Crippen molar-refractivity contribution in [3.8, 4) is 0 Å². The highest BCUT2D eigenvalue weighted by atomic mass is 32.2. The molecule has 1 fully saturated rings. The predicted molar refractivity (Wildman–Crippen MR) is 110 cm³/mol. The largest absolute Gasteiger partial charge is 0.341 e. The van der Waals surface area contributed by atoms with E-state index >= 15 is 0 Å². The Balaban J connectivity index is 1.80. The Hall–Kier alpha value is -1.58. The number of hydrogen-bond acceptors (Lipinski definition) is 5. The minimum Gasteiger partial charge on any atom is -0.341 e. The molecule has 0 saturated carbocycles. The lowest BCUT2D eigenvalue weighted by molar-refractivity contribution is -0.133. The Morgan fingerprint density at radius 2 is 1.82 bits per heavy atom. The van der Waals surface area contributed by atoms with Crippen LogP contribution in [-0.4, -0.2) is 49.0 Å². The minimum atomic E-state index is -3.71. The zero-order chi connectivity index (χ0) is 20.5. The Bertz CT molecular complexity index is 870. The molecule has 0 aromatic heterocycles. The van der Waals surface area contributed by atoms with E-state index in [4.69, 9.17) is 0 Å². The monoisotopic (exact) mass is 425 g/mol. The predicted octanol–water partition coefficient (Wildman–Crippen LogP) is 2.58. The van der Waals surface area contributed by atoms with Crippen molar-refractivity contribution >= 4 is 39.3 Å². The third-order valence-electron chi connectivity index (χ3n) is 4.58. The number of rotatable bonds is 3. The Labute approximate surface area is 170 Å². The van der Waals surface area contributed by atoms with Crippen molar-refractivity contribution in [2.24, 2.45) is 0 Å². The summed E-state index contributed by atoms with van der Waals surface area (Å²) in [6.07, 6.45) is 4.14. The van der Waals surface area contributed by atoms with Gasteiger partial charge in [-0.1, -0.05) is 12.8 Å². The molecule has 0 aliphatic carbocycles. The summed E-state index contributed by atoms with van der Waals surface area (Å²) in [6, 6.07) is 4.60. The quantitative estimate of drug-likeness (QED) is 0.726. The van der Waals surface area contributed by atoms with Gasteiger partial charge in [0.2, 0.25) is 21.8 Å². The maximum atomic E-state index is 12.8. The van der Waals surface area contributed by atoms with E-state index in [1.54, 1.807) is 31.7 Å². The molecule has 2 N–H and O–H groups in total. The van der Waals surface area contributed by atoms with Crippen molar-refractivity contribution < 1.29 is 18.0 Å². The van der Waals surface area contributed by atoms with Crippen LogP contribution in [-0.2, 0) is 19.6 Å². The Morgan fingerprint density at radius 3 is 2.43 bits per heavy atom. The molecule has 9 heteroatoms. The molecule has 0 unspecified atom stereocenters. The lowest BCUT2D eigenvalue weighted by Gasteiger charge is -2.29. The number of nitrogens with one attached hydrogen (secondary N) is 2. The highest BCUT2D eigenvalue weighted by molar-refractivity contribution is 8.01. The average Bonchev–Trinajstić information content (AvgIpc) is 2.87. The summed E-state index contributed by atoms with van der Waals surface area (Å²) >= 11 is 1.19. The average molecular weight is 426 g/mol. The lowest BCUT2D eigenvalue weighted by atomic mass is 10.1. The number of amides is 2. The molecule has 1 aromatic carbocycles. The summed E-state index contributed by atoms with van der Waals surface area (Å²) in [6.45, 7) is 6.66. The molecule has 0 bridgehead atoms. The molecule has 7 nitrogen and oxygen atoms in total. The number of anilines is 1. The van der Waals surface area contributed by atoms with Gasteiger partial charge in [0.1, 0.15) is 0 Å². The van der Waals surface area contributed by atoms with Crippen molar-refractivity contribution in [1.29, 1.82) is 0 Å².